The Labute approximate surface area is 103 Å². The van der Waals surface area contributed by atoms with E-state index in [4.69, 9.17) is 18.0 Å². The van der Waals surface area contributed by atoms with E-state index in [0.29, 0.717) is 11.0 Å². The van der Waals surface area contributed by atoms with Gasteiger partial charge in [0.05, 0.1) is 10.9 Å². The Balaban J connectivity index is 2.45. The highest BCUT2D eigenvalue weighted by Crippen LogP contribution is 2.25. The molecule has 3 nitrogen and oxygen atoms in total. The molecule has 0 spiro atoms. The van der Waals surface area contributed by atoms with Crippen LogP contribution in [0.3, 0.4) is 0 Å². The van der Waals surface area contributed by atoms with Crippen molar-refractivity contribution in [2.24, 2.45) is 17.6 Å². The molecule has 1 amide bonds. The van der Waals surface area contributed by atoms with Gasteiger partial charge in [-0.15, -0.1) is 0 Å². The van der Waals surface area contributed by atoms with Gasteiger partial charge in [-0.25, -0.2) is 0 Å². The van der Waals surface area contributed by atoms with Crippen molar-refractivity contribution in [2.45, 2.75) is 52.0 Å². The third kappa shape index (κ3) is 3.74. The smallest absolute Gasteiger partial charge is 0.230 e. The van der Waals surface area contributed by atoms with Gasteiger partial charge in [0.1, 0.15) is 0 Å². The molecule has 1 saturated carbocycles. The first-order valence-electron chi connectivity index (χ1n) is 6.14. The average molecular weight is 242 g/mol. The molecular formula is C12H22N2OS. The van der Waals surface area contributed by atoms with E-state index in [1.54, 1.807) is 0 Å². The Hall–Kier alpha value is -0.640. The highest BCUT2D eigenvalue weighted by Gasteiger charge is 2.26. The van der Waals surface area contributed by atoms with Crippen molar-refractivity contribution >= 4 is 23.1 Å². The van der Waals surface area contributed by atoms with Crippen LogP contribution in [0.5, 0.6) is 0 Å². The molecule has 3 atom stereocenters. The topological polar surface area (TPSA) is 55.1 Å². The maximum atomic E-state index is 12.0. The quantitative estimate of drug-likeness (QED) is 0.725. The third-order valence-electron chi connectivity index (χ3n) is 3.28. The number of carbonyl (C=O) groups is 1. The maximum Gasteiger partial charge on any atom is 0.230 e. The minimum Gasteiger partial charge on any atom is -0.393 e. The predicted octanol–water partition coefficient (Wildman–Crippen LogP) is 1.99. The summed E-state index contributed by atoms with van der Waals surface area (Å²) in [5.74, 6) is 0.462. The van der Waals surface area contributed by atoms with E-state index < -0.39 is 0 Å². The van der Waals surface area contributed by atoms with Crippen LogP contribution in [0.15, 0.2) is 0 Å². The number of amides is 1. The first-order chi connectivity index (χ1) is 7.54. The molecule has 0 aromatic heterocycles. The normalized spacial score (nSPS) is 26.4. The summed E-state index contributed by atoms with van der Waals surface area (Å²) in [5.41, 5.74) is 5.60. The van der Waals surface area contributed by atoms with Crippen molar-refractivity contribution in [1.29, 1.82) is 0 Å². The summed E-state index contributed by atoms with van der Waals surface area (Å²) in [6.45, 7) is 4.26. The minimum absolute atomic E-state index is 0.0217. The van der Waals surface area contributed by atoms with Gasteiger partial charge in [0.15, 0.2) is 0 Å². The third-order valence-corrected chi connectivity index (χ3v) is 3.56. The Bertz CT molecular complexity index is 268. The maximum absolute atomic E-state index is 12.0. The SMILES string of the molecule is CCCC(C(=O)NC1CCC(C)C1)C(N)=S. The van der Waals surface area contributed by atoms with Crippen molar-refractivity contribution in [1.82, 2.24) is 5.32 Å². The Kier molecular flexibility index (Phi) is 5.19. The summed E-state index contributed by atoms with van der Waals surface area (Å²) >= 11 is 4.94. The van der Waals surface area contributed by atoms with E-state index in [-0.39, 0.29) is 11.8 Å². The Morgan fingerprint density at radius 1 is 1.56 bits per heavy atom. The summed E-state index contributed by atoms with van der Waals surface area (Å²) < 4.78 is 0. The van der Waals surface area contributed by atoms with Crippen molar-refractivity contribution in [3.05, 3.63) is 0 Å². The molecule has 4 heteroatoms. The molecular weight excluding hydrogens is 220 g/mol. The van der Waals surface area contributed by atoms with E-state index in [1.165, 1.54) is 6.42 Å². The lowest BCUT2D eigenvalue weighted by atomic mass is 10.0. The number of thiocarbonyl (C=S) groups is 1. The van der Waals surface area contributed by atoms with Crippen LogP contribution in [-0.4, -0.2) is 16.9 Å². The minimum atomic E-state index is -0.282. The highest BCUT2D eigenvalue weighted by atomic mass is 32.1. The lowest BCUT2D eigenvalue weighted by Crippen LogP contribution is -2.42. The zero-order chi connectivity index (χ0) is 12.1. The standard InChI is InChI=1S/C12H22N2OS/c1-3-4-10(11(13)16)12(15)14-9-6-5-8(2)7-9/h8-10H,3-7H2,1-2H3,(H2,13,16)(H,14,15). The van der Waals surface area contributed by atoms with Crippen LogP contribution in [-0.2, 0) is 4.79 Å². The number of hydrogen-bond acceptors (Lipinski definition) is 2. The van der Waals surface area contributed by atoms with Crippen molar-refractivity contribution in [3.63, 3.8) is 0 Å². The number of hydrogen-bond donors (Lipinski definition) is 2. The van der Waals surface area contributed by atoms with Gasteiger partial charge in [0.2, 0.25) is 5.91 Å². The van der Waals surface area contributed by atoms with Crippen molar-refractivity contribution in [2.75, 3.05) is 0 Å². The van der Waals surface area contributed by atoms with Crippen LogP contribution in [0, 0.1) is 11.8 Å². The van der Waals surface area contributed by atoms with E-state index >= 15 is 0 Å². The summed E-state index contributed by atoms with van der Waals surface area (Å²) in [5, 5.41) is 3.07. The van der Waals surface area contributed by atoms with E-state index in [9.17, 15) is 4.79 Å². The molecule has 0 radical (unpaired) electrons. The molecule has 92 valence electrons. The Morgan fingerprint density at radius 2 is 2.25 bits per heavy atom. The lowest BCUT2D eigenvalue weighted by molar-refractivity contribution is -0.123. The Morgan fingerprint density at radius 3 is 2.69 bits per heavy atom. The molecule has 0 aliphatic heterocycles. The molecule has 3 unspecified atom stereocenters. The first kappa shape index (κ1) is 13.4. The number of rotatable bonds is 5. The van der Waals surface area contributed by atoms with Crippen molar-refractivity contribution in [3.8, 4) is 0 Å². The van der Waals surface area contributed by atoms with Gasteiger partial charge in [-0.1, -0.05) is 32.5 Å². The van der Waals surface area contributed by atoms with Crippen LogP contribution in [0.25, 0.3) is 0 Å². The van der Waals surface area contributed by atoms with Gasteiger partial charge >= 0.3 is 0 Å². The molecule has 1 aliphatic carbocycles. The number of carbonyl (C=O) groups excluding carboxylic acids is 1. The molecule has 3 N–H and O–H groups in total. The summed E-state index contributed by atoms with van der Waals surface area (Å²) in [4.78, 5) is 12.3. The summed E-state index contributed by atoms with van der Waals surface area (Å²) in [7, 11) is 0. The van der Waals surface area contributed by atoms with Gasteiger partial charge in [0.25, 0.3) is 0 Å². The van der Waals surface area contributed by atoms with Crippen LogP contribution < -0.4 is 11.1 Å². The number of nitrogens with one attached hydrogen (secondary N) is 1. The molecule has 1 aliphatic rings. The van der Waals surface area contributed by atoms with E-state index in [0.717, 1.165) is 31.6 Å². The van der Waals surface area contributed by atoms with Gasteiger partial charge in [-0.3, -0.25) is 4.79 Å². The predicted molar refractivity (Wildman–Crippen MR) is 70.1 cm³/mol. The zero-order valence-electron chi connectivity index (χ0n) is 10.2. The molecule has 1 fully saturated rings. The van der Waals surface area contributed by atoms with Gasteiger partial charge in [-0.05, 0) is 31.6 Å². The molecule has 16 heavy (non-hydrogen) atoms. The molecule has 0 bridgehead atoms. The summed E-state index contributed by atoms with van der Waals surface area (Å²) in [6.07, 6.45) is 5.06. The first-order valence-corrected chi connectivity index (χ1v) is 6.55. The van der Waals surface area contributed by atoms with Crippen LogP contribution in [0.2, 0.25) is 0 Å². The van der Waals surface area contributed by atoms with E-state index in [1.807, 2.05) is 6.92 Å². The van der Waals surface area contributed by atoms with Gasteiger partial charge < -0.3 is 11.1 Å². The van der Waals surface area contributed by atoms with Crippen LogP contribution >= 0.6 is 12.2 Å². The van der Waals surface area contributed by atoms with E-state index in [2.05, 4.69) is 12.2 Å². The van der Waals surface area contributed by atoms with Crippen molar-refractivity contribution < 1.29 is 4.79 Å². The second kappa shape index (κ2) is 6.18. The monoisotopic (exact) mass is 242 g/mol. The molecule has 0 saturated heterocycles. The average Bonchev–Trinajstić information content (AvgIpc) is 2.59. The fourth-order valence-electron chi connectivity index (χ4n) is 2.33. The molecule has 0 aromatic carbocycles. The fourth-order valence-corrected chi connectivity index (χ4v) is 2.56. The molecule has 0 heterocycles. The zero-order valence-corrected chi connectivity index (χ0v) is 11.0. The lowest BCUT2D eigenvalue weighted by Gasteiger charge is -2.18. The highest BCUT2D eigenvalue weighted by molar-refractivity contribution is 7.80. The van der Waals surface area contributed by atoms with Gasteiger partial charge in [-0.2, -0.15) is 0 Å². The fraction of sp³-hybridized carbons (Fsp3) is 0.833. The second-order valence-electron chi connectivity index (χ2n) is 4.87. The largest absolute Gasteiger partial charge is 0.393 e. The van der Waals surface area contributed by atoms with Crippen LogP contribution in [0.4, 0.5) is 0 Å². The second-order valence-corrected chi connectivity index (χ2v) is 5.34. The number of nitrogens with two attached hydrogens (primary N) is 1. The summed E-state index contributed by atoms with van der Waals surface area (Å²) in [6, 6.07) is 0.330. The van der Waals surface area contributed by atoms with Gasteiger partial charge in [0, 0.05) is 6.04 Å². The van der Waals surface area contributed by atoms with Crippen LogP contribution in [0.1, 0.15) is 46.0 Å². The molecule has 0 aromatic rings. The molecule has 1 rings (SSSR count).